The van der Waals surface area contributed by atoms with E-state index in [1.54, 1.807) is 23.1 Å². The van der Waals surface area contributed by atoms with Crippen molar-refractivity contribution in [1.82, 2.24) is 19.7 Å². The molecule has 0 spiro atoms. The molecule has 1 aliphatic heterocycles. The van der Waals surface area contributed by atoms with E-state index in [4.69, 9.17) is 0 Å². The van der Waals surface area contributed by atoms with Crippen molar-refractivity contribution in [3.05, 3.63) is 42.6 Å². The number of aromatic nitrogens is 3. The summed E-state index contributed by atoms with van der Waals surface area (Å²) in [6.07, 6.45) is 6.81. The summed E-state index contributed by atoms with van der Waals surface area (Å²) in [5.74, 6) is -0.132. The molecule has 3 heterocycles. The third-order valence-corrected chi connectivity index (χ3v) is 5.69. The molecular formula is C23H28FN5O. The highest BCUT2D eigenvalue weighted by molar-refractivity contribution is 5.95. The average Bonchev–Trinajstić information content (AvgIpc) is 3.16. The molecule has 3 aromatic rings. The van der Waals surface area contributed by atoms with Crippen LogP contribution in [0.5, 0.6) is 0 Å². The molecule has 7 heteroatoms. The van der Waals surface area contributed by atoms with Gasteiger partial charge < -0.3 is 10.2 Å². The maximum atomic E-state index is 15.2. The molecule has 1 aromatic carbocycles. The number of aryl methyl sites for hydroxylation is 1. The highest BCUT2D eigenvalue weighted by Gasteiger charge is 2.26. The van der Waals surface area contributed by atoms with Gasteiger partial charge in [0.2, 0.25) is 5.91 Å². The van der Waals surface area contributed by atoms with Crippen LogP contribution in [0.25, 0.3) is 21.9 Å². The molecule has 0 atom stereocenters. The molecule has 1 amide bonds. The minimum Gasteiger partial charge on any atom is -0.308 e. The smallest absolute Gasteiger partial charge is 0.228 e. The molecule has 0 bridgehead atoms. The van der Waals surface area contributed by atoms with E-state index in [0.717, 1.165) is 43.6 Å². The van der Waals surface area contributed by atoms with Gasteiger partial charge in [-0.05, 0) is 43.5 Å². The molecule has 2 aromatic heterocycles. The molecule has 0 radical (unpaired) electrons. The fourth-order valence-electron chi connectivity index (χ4n) is 4.13. The number of rotatable bonds is 5. The Morgan fingerprint density at radius 1 is 1.23 bits per heavy atom. The lowest BCUT2D eigenvalue weighted by atomic mass is 9.95. The monoisotopic (exact) mass is 409 g/mol. The van der Waals surface area contributed by atoms with Crippen molar-refractivity contribution >= 4 is 22.5 Å². The highest BCUT2D eigenvalue weighted by Crippen LogP contribution is 2.29. The Kier molecular flexibility index (Phi) is 5.81. The van der Waals surface area contributed by atoms with Gasteiger partial charge in [0, 0.05) is 48.2 Å². The Hall–Kier alpha value is -2.80. The summed E-state index contributed by atoms with van der Waals surface area (Å²) < 4.78 is 16.9. The summed E-state index contributed by atoms with van der Waals surface area (Å²) in [5, 5.41) is 8.04. The topological polar surface area (TPSA) is 63.1 Å². The number of piperidine rings is 1. The fraction of sp³-hybridized carbons (Fsp3) is 0.435. The number of benzene rings is 1. The summed E-state index contributed by atoms with van der Waals surface area (Å²) in [6.45, 7) is 7.25. The Morgan fingerprint density at radius 3 is 2.67 bits per heavy atom. The second-order valence-corrected chi connectivity index (χ2v) is 8.58. The Labute approximate surface area is 176 Å². The van der Waals surface area contributed by atoms with Crippen LogP contribution in [0.2, 0.25) is 0 Å². The van der Waals surface area contributed by atoms with Crippen molar-refractivity contribution < 1.29 is 9.18 Å². The van der Waals surface area contributed by atoms with Crippen LogP contribution in [0, 0.1) is 17.7 Å². The lowest BCUT2D eigenvalue weighted by molar-refractivity contribution is -0.121. The van der Waals surface area contributed by atoms with Gasteiger partial charge in [-0.3, -0.25) is 9.48 Å². The van der Waals surface area contributed by atoms with Gasteiger partial charge in [0.05, 0.1) is 6.20 Å². The van der Waals surface area contributed by atoms with Gasteiger partial charge in [0.15, 0.2) is 11.6 Å². The lowest BCUT2D eigenvalue weighted by Gasteiger charge is -2.32. The first-order chi connectivity index (χ1) is 14.4. The zero-order valence-electron chi connectivity index (χ0n) is 17.7. The molecule has 4 rings (SSSR count). The van der Waals surface area contributed by atoms with E-state index in [-0.39, 0.29) is 17.6 Å². The molecule has 0 aliphatic carbocycles. The molecule has 1 fully saturated rings. The molecule has 1 aliphatic rings. The number of anilines is 1. The van der Waals surface area contributed by atoms with E-state index in [1.165, 1.54) is 0 Å². The van der Waals surface area contributed by atoms with Crippen molar-refractivity contribution in [3.63, 3.8) is 0 Å². The Balaban J connectivity index is 1.50. The Morgan fingerprint density at radius 2 is 2.00 bits per heavy atom. The first-order valence-corrected chi connectivity index (χ1v) is 10.5. The van der Waals surface area contributed by atoms with Gasteiger partial charge >= 0.3 is 0 Å². The van der Waals surface area contributed by atoms with Crippen molar-refractivity contribution in [2.45, 2.75) is 26.7 Å². The predicted octanol–water partition coefficient (Wildman–Crippen LogP) is 4.08. The van der Waals surface area contributed by atoms with E-state index in [9.17, 15) is 4.79 Å². The van der Waals surface area contributed by atoms with Gasteiger partial charge in [-0.15, -0.1) is 0 Å². The maximum absolute atomic E-state index is 15.2. The van der Waals surface area contributed by atoms with E-state index < -0.39 is 5.82 Å². The quantitative estimate of drug-likeness (QED) is 0.690. The highest BCUT2D eigenvalue weighted by atomic mass is 19.1. The SMILES string of the molecule is CC(C)CN1CCC(C(=O)Nc2ncc3ccc(-c4cnn(C)c4)cc3c2F)CC1. The number of carbonyl (C=O) groups excluding carboxylic acids is 1. The van der Waals surface area contributed by atoms with Gasteiger partial charge in [0.1, 0.15) is 0 Å². The van der Waals surface area contributed by atoms with E-state index >= 15 is 4.39 Å². The van der Waals surface area contributed by atoms with Gasteiger partial charge in [-0.2, -0.15) is 5.10 Å². The zero-order valence-corrected chi connectivity index (χ0v) is 17.7. The van der Waals surface area contributed by atoms with Crippen LogP contribution in [0.4, 0.5) is 10.2 Å². The summed E-state index contributed by atoms with van der Waals surface area (Å²) in [7, 11) is 1.84. The van der Waals surface area contributed by atoms with Crippen molar-refractivity contribution in [3.8, 4) is 11.1 Å². The maximum Gasteiger partial charge on any atom is 0.228 e. The first kappa shape index (κ1) is 20.5. The van der Waals surface area contributed by atoms with Crippen LogP contribution < -0.4 is 5.32 Å². The predicted molar refractivity (Wildman–Crippen MR) is 117 cm³/mol. The van der Waals surface area contributed by atoms with E-state index in [2.05, 4.69) is 34.1 Å². The number of pyridine rings is 1. The standard InChI is InChI=1S/C23H28FN5O/c1-15(2)13-29-8-6-16(7-9-29)23(30)27-22-21(24)20-10-17(4-5-18(20)11-25-22)19-12-26-28(3)14-19/h4-5,10-12,14-16H,6-9,13H2,1-3H3,(H,25,27,30). The van der Waals surface area contributed by atoms with Gasteiger partial charge in [0.25, 0.3) is 0 Å². The van der Waals surface area contributed by atoms with Crippen molar-refractivity contribution in [1.29, 1.82) is 0 Å². The second-order valence-electron chi connectivity index (χ2n) is 8.58. The number of hydrogen-bond acceptors (Lipinski definition) is 4. The second kappa shape index (κ2) is 8.52. The third kappa shape index (κ3) is 4.36. The van der Waals surface area contributed by atoms with Crippen LogP contribution in [-0.4, -0.2) is 45.2 Å². The Bertz CT molecular complexity index is 1050. The van der Waals surface area contributed by atoms with Crippen molar-refractivity contribution in [2.24, 2.45) is 18.9 Å². The minimum absolute atomic E-state index is 0.000414. The summed E-state index contributed by atoms with van der Waals surface area (Å²) in [5.41, 5.74) is 1.78. The number of nitrogens with one attached hydrogen (secondary N) is 1. The minimum atomic E-state index is -0.496. The van der Waals surface area contributed by atoms with Crippen LogP contribution in [-0.2, 0) is 11.8 Å². The largest absolute Gasteiger partial charge is 0.308 e. The van der Waals surface area contributed by atoms with Gasteiger partial charge in [-0.25, -0.2) is 9.37 Å². The summed E-state index contributed by atoms with van der Waals surface area (Å²) >= 11 is 0. The number of halogens is 1. The van der Waals surface area contributed by atoms with Crippen LogP contribution in [0.3, 0.4) is 0 Å². The lowest BCUT2D eigenvalue weighted by Crippen LogP contribution is -2.39. The van der Waals surface area contributed by atoms with Gasteiger partial charge in [-0.1, -0.05) is 26.0 Å². The third-order valence-electron chi connectivity index (χ3n) is 5.69. The number of carbonyl (C=O) groups is 1. The van der Waals surface area contributed by atoms with Crippen molar-refractivity contribution in [2.75, 3.05) is 25.0 Å². The molecular weight excluding hydrogens is 381 g/mol. The number of nitrogens with zero attached hydrogens (tertiary/aromatic N) is 4. The molecule has 0 saturated carbocycles. The normalized spacial score (nSPS) is 15.8. The van der Waals surface area contributed by atoms with E-state index in [0.29, 0.717) is 16.7 Å². The molecule has 158 valence electrons. The number of hydrogen-bond donors (Lipinski definition) is 1. The summed E-state index contributed by atoms with van der Waals surface area (Å²) in [6, 6.07) is 5.54. The molecule has 1 saturated heterocycles. The van der Waals surface area contributed by atoms with Crippen LogP contribution in [0.1, 0.15) is 26.7 Å². The molecule has 0 unspecified atom stereocenters. The van der Waals surface area contributed by atoms with E-state index in [1.807, 2.05) is 25.4 Å². The number of likely N-dealkylation sites (tertiary alicyclic amines) is 1. The number of fused-ring (bicyclic) bond motifs is 1. The average molecular weight is 410 g/mol. The molecule has 30 heavy (non-hydrogen) atoms. The first-order valence-electron chi connectivity index (χ1n) is 10.5. The molecule has 6 nitrogen and oxygen atoms in total. The van der Waals surface area contributed by atoms with Crippen LogP contribution >= 0.6 is 0 Å². The zero-order chi connectivity index (χ0) is 21.3. The van der Waals surface area contributed by atoms with Crippen LogP contribution in [0.15, 0.2) is 36.8 Å². The fourth-order valence-corrected chi connectivity index (χ4v) is 4.13. The number of amides is 1. The molecule has 1 N–H and O–H groups in total. The summed E-state index contributed by atoms with van der Waals surface area (Å²) in [4.78, 5) is 19.3.